The third-order valence-electron chi connectivity index (χ3n) is 3.46. The molecular formula is C17H15NO2. The van der Waals surface area contributed by atoms with Gasteiger partial charge in [0.1, 0.15) is 6.04 Å². The van der Waals surface area contributed by atoms with Crippen molar-refractivity contribution < 1.29 is 9.90 Å². The predicted molar refractivity (Wildman–Crippen MR) is 82.2 cm³/mol. The Morgan fingerprint density at radius 2 is 1.55 bits per heavy atom. The van der Waals surface area contributed by atoms with Gasteiger partial charge >= 0.3 is 5.97 Å². The molecule has 0 aliphatic carbocycles. The Hall–Kier alpha value is -2.55. The highest BCUT2D eigenvalue weighted by Crippen LogP contribution is 2.25. The second-order valence-corrected chi connectivity index (χ2v) is 4.97. The second-order valence-electron chi connectivity index (χ2n) is 4.97. The highest BCUT2D eigenvalue weighted by atomic mass is 16.4. The summed E-state index contributed by atoms with van der Waals surface area (Å²) in [7, 11) is 0. The van der Waals surface area contributed by atoms with Gasteiger partial charge in [-0.15, -0.1) is 0 Å². The smallest absolute Gasteiger partial charge is 0.325 e. The van der Waals surface area contributed by atoms with Gasteiger partial charge in [0.25, 0.3) is 0 Å². The number of hydrogen-bond acceptors (Lipinski definition) is 2. The van der Waals surface area contributed by atoms with Crippen molar-refractivity contribution in [2.45, 2.75) is 13.0 Å². The van der Waals surface area contributed by atoms with Gasteiger partial charge in [-0.2, -0.15) is 0 Å². The zero-order valence-corrected chi connectivity index (χ0v) is 11.1. The fourth-order valence-corrected chi connectivity index (χ4v) is 2.34. The maximum Gasteiger partial charge on any atom is 0.325 e. The van der Waals surface area contributed by atoms with E-state index in [1.54, 1.807) is 6.92 Å². The van der Waals surface area contributed by atoms with E-state index in [2.05, 4.69) is 29.6 Å². The van der Waals surface area contributed by atoms with E-state index in [1.807, 2.05) is 30.3 Å². The molecule has 0 radical (unpaired) electrons. The fraction of sp³-hybridized carbons (Fsp3) is 0.118. The van der Waals surface area contributed by atoms with Crippen LogP contribution in [0.25, 0.3) is 21.5 Å². The van der Waals surface area contributed by atoms with Gasteiger partial charge in [-0.25, -0.2) is 0 Å². The molecule has 0 heterocycles. The first-order valence-electron chi connectivity index (χ1n) is 6.55. The highest BCUT2D eigenvalue weighted by molar-refractivity contribution is 5.99. The SMILES string of the molecule is C[C@H](Nc1ccc2cc3ccccc3cc2c1)C(=O)O. The first kappa shape index (κ1) is 12.5. The van der Waals surface area contributed by atoms with Crippen molar-refractivity contribution in [3.8, 4) is 0 Å². The molecule has 100 valence electrons. The van der Waals surface area contributed by atoms with E-state index in [9.17, 15) is 4.79 Å². The summed E-state index contributed by atoms with van der Waals surface area (Å²) < 4.78 is 0. The number of aliphatic carboxylic acids is 1. The van der Waals surface area contributed by atoms with E-state index >= 15 is 0 Å². The summed E-state index contributed by atoms with van der Waals surface area (Å²) in [4.78, 5) is 10.9. The van der Waals surface area contributed by atoms with Crippen LogP contribution in [0.3, 0.4) is 0 Å². The third kappa shape index (κ3) is 2.30. The van der Waals surface area contributed by atoms with Crippen molar-refractivity contribution in [2.75, 3.05) is 5.32 Å². The van der Waals surface area contributed by atoms with Crippen LogP contribution in [0.5, 0.6) is 0 Å². The number of carboxylic acids is 1. The third-order valence-corrected chi connectivity index (χ3v) is 3.46. The number of nitrogens with one attached hydrogen (secondary N) is 1. The van der Waals surface area contributed by atoms with Gasteiger partial charge in [0.15, 0.2) is 0 Å². The average molecular weight is 265 g/mol. The Balaban J connectivity index is 2.06. The Morgan fingerprint density at radius 1 is 0.950 bits per heavy atom. The van der Waals surface area contributed by atoms with Crippen LogP contribution in [-0.2, 0) is 4.79 Å². The monoisotopic (exact) mass is 265 g/mol. The van der Waals surface area contributed by atoms with Crippen molar-refractivity contribution in [3.05, 3.63) is 54.6 Å². The molecule has 20 heavy (non-hydrogen) atoms. The minimum atomic E-state index is -0.858. The van der Waals surface area contributed by atoms with Crippen molar-refractivity contribution in [1.29, 1.82) is 0 Å². The molecule has 0 fully saturated rings. The van der Waals surface area contributed by atoms with E-state index in [1.165, 1.54) is 10.8 Å². The summed E-state index contributed by atoms with van der Waals surface area (Å²) in [6, 6.07) is 17.8. The van der Waals surface area contributed by atoms with Gasteiger partial charge in [-0.05, 0) is 52.7 Å². The lowest BCUT2D eigenvalue weighted by atomic mass is 10.0. The normalized spacial score (nSPS) is 12.4. The van der Waals surface area contributed by atoms with Crippen LogP contribution in [0.4, 0.5) is 5.69 Å². The minimum absolute atomic E-state index is 0.604. The van der Waals surface area contributed by atoms with Crippen LogP contribution in [0.15, 0.2) is 54.6 Å². The van der Waals surface area contributed by atoms with Crippen LogP contribution >= 0.6 is 0 Å². The number of carboxylic acid groups (broad SMARTS) is 1. The van der Waals surface area contributed by atoms with Crippen LogP contribution in [0.1, 0.15) is 6.92 Å². The fourth-order valence-electron chi connectivity index (χ4n) is 2.34. The number of hydrogen-bond donors (Lipinski definition) is 2. The van der Waals surface area contributed by atoms with Crippen LogP contribution in [0.2, 0.25) is 0 Å². The molecule has 0 aliphatic heterocycles. The molecule has 3 aromatic carbocycles. The molecule has 2 N–H and O–H groups in total. The van der Waals surface area contributed by atoms with E-state index in [0.29, 0.717) is 0 Å². The van der Waals surface area contributed by atoms with E-state index < -0.39 is 12.0 Å². The van der Waals surface area contributed by atoms with Crippen LogP contribution in [0, 0.1) is 0 Å². The van der Waals surface area contributed by atoms with E-state index in [0.717, 1.165) is 16.5 Å². The second kappa shape index (κ2) is 4.85. The Kier molecular flexibility index (Phi) is 3.03. The van der Waals surface area contributed by atoms with Crippen LogP contribution < -0.4 is 5.32 Å². The average Bonchev–Trinajstić information content (AvgIpc) is 2.45. The number of rotatable bonds is 3. The molecule has 0 spiro atoms. The van der Waals surface area contributed by atoms with Crippen molar-refractivity contribution in [3.63, 3.8) is 0 Å². The molecule has 0 aromatic heterocycles. The quantitative estimate of drug-likeness (QED) is 0.706. The highest BCUT2D eigenvalue weighted by Gasteiger charge is 2.10. The molecule has 0 saturated carbocycles. The number of anilines is 1. The predicted octanol–water partition coefficient (Wildman–Crippen LogP) is 3.88. The first-order valence-corrected chi connectivity index (χ1v) is 6.55. The molecule has 0 saturated heterocycles. The molecule has 0 aliphatic rings. The summed E-state index contributed by atoms with van der Waals surface area (Å²) in [6.45, 7) is 1.63. The van der Waals surface area contributed by atoms with Gasteiger partial charge in [0.2, 0.25) is 0 Å². The van der Waals surface area contributed by atoms with E-state index in [-0.39, 0.29) is 0 Å². The zero-order valence-electron chi connectivity index (χ0n) is 11.1. The summed E-state index contributed by atoms with van der Waals surface area (Å²) in [5.41, 5.74) is 0.822. The van der Waals surface area contributed by atoms with Crippen molar-refractivity contribution in [2.24, 2.45) is 0 Å². The van der Waals surface area contributed by atoms with E-state index in [4.69, 9.17) is 5.11 Å². The lowest BCUT2D eigenvalue weighted by Crippen LogP contribution is -2.25. The number of benzene rings is 3. The molecule has 3 aromatic rings. The summed E-state index contributed by atoms with van der Waals surface area (Å²) in [5.74, 6) is -0.858. The molecular weight excluding hydrogens is 250 g/mol. The maximum absolute atomic E-state index is 10.9. The molecule has 0 amide bonds. The molecule has 0 bridgehead atoms. The van der Waals surface area contributed by atoms with Crippen molar-refractivity contribution >= 4 is 33.2 Å². The van der Waals surface area contributed by atoms with Gasteiger partial charge < -0.3 is 10.4 Å². The topological polar surface area (TPSA) is 49.3 Å². The maximum atomic E-state index is 10.9. The summed E-state index contributed by atoms with van der Waals surface area (Å²) in [6.07, 6.45) is 0. The molecule has 3 heteroatoms. The number of fused-ring (bicyclic) bond motifs is 2. The number of carbonyl (C=O) groups is 1. The van der Waals surface area contributed by atoms with Gasteiger partial charge in [0.05, 0.1) is 0 Å². The van der Waals surface area contributed by atoms with Crippen LogP contribution in [-0.4, -0.2) is 17.1 Å². The molecule has 3 rings (SSSR count). The van der Waals surface area contributed by atoms with Gasteiger partial charge in [0, 0.05) is 5.69 Å². The summed E-state index contributed by atoms with van der Waals surface area (Å²) in [5, 5.41) is 16.6. The lowest BCUT2D eigenvalue weighted by Gasteiger charge is -2.11. The Labute approximate surface area is 116 Å². The molecule has 1 atom stereocenters. The largest absolute Gasteiger partial charge is 0.480 e. The molecule has 0 unspecified atom stereocenters. The zero-order chi connectivity index (χ0) is 14.1. The lowest BCUT2D eigenvalue weighted by molar-refractivity contribution is -0.137. The van der Waals surface area contributed by atoms with Gasteiger partial charge in [-0.1, -0.05) is 30.3 Å². The molecule has 3 nitrogen and oxygen atoms in total. The standard InChI is InChI=1S/C17H15NO2/c1-11(17(19)20)18-16-7-6-14-8-12-4-2-3-5-13(12)9-15(14)10-16/h2-11,18H,1H3,(H,19,20)/t11-/m0/s1. The Bertz CT molecular complexity index is 795. The van der Waals surface area contributed by atoms with Crippen molar-refractivity contribution in [1.82, 2.24) is 0 Å². The minimum Gasteiger partial charge on any atom is -0.480 e. The first-order chi connectivity index (χ1) is 9.63. The Morgan fingerprint density at radius 3 is 2.20 bits per heavy atom. The van der Waals surface area contributed by atoms with Gasteiger partial charge in [-0.3, -0.25) is 4.79 Å². The summed E-state index contributed by atoms with van der Waals surface area (Å²) >= 11 is 0.